The van der Waals surface area contributed by atoms with Gasteiger partial charge in [-0.2, -0.15) is 0 Å². The highest BCUT2D eigenvalue weighted by atomic mass is 16.3. The number of amides is 1. The Morgan fingerprint density at radius 3 is 2.19 bits per heavy atom. The van der Waals surface area contributed by atoms with Crippen LogP contribution in [0.25, 0.3) is 21.9 Å². The second-order valence-electron chi connectivity index (χ2n) is 6.05. The maximum absolute atomic E-state index is 12.6. The van der Waals surface area contributed by atoms with Gasteiger partial charge < -0.3 is 10.4 Å². The van der Waals surface area contributed by atoms with Gasteiger partial charge in [0, 0.05) is 11.1 Å². The number of para-hydroxylation sites is 1. The molecule has 1 amide bonds. The lowest BCUT2D eigenvalue weighted by Crippen LogP contribution is -2.12. The number of benzene rings is 4. The van der Waals surface area contributed by atoms with Crippen molar-refractivity contribution in [2.75, 3.05) is 5.32 Å². The first-order valence-corrected chi connectivity index (χ1v) is 8.40. The third-order valence-corrected chi connectivity index (χ3v) is 4.40. The quantitative estimate of drug-likeness (QED) is 0.487. The van der Waals surface area contributed by atoms with Crippen LogP contribution in [0.15, 0.2) is 91.0 Å². The summed E-state index contributed by atoms with van der Waals surface area (Å²) in [5.74, 6) is -0.215. The van der Waals surface area contributed by atoms with E-state index in [-0.39, 0.29) is 11.7 Å². The molecule has 0 fully saturated rings. The van der Waals surface area contributed by atoms with Gasteiger partial charge in [0.1, 0.15) is 5.75 Å². The van der Waals surface area contributed by atoms with E-state index in [4.69, 9.17) is 0 Å². The fraction of sp³-hybridized carbons (Fsp3) is 0. The lowest BCUT2D eigenvalue weighted by molar-refractivity contribution is 0.102. The molecule has 4 rings (SSSR count). The van der Waals surface area contributed by atoms with Crippen molar-refractivity contribution in [1.29, 1.82) is 0 Å². The molecule has 0 unspecified atom stereocenters. The predicted octanol–water partition coefficient (Wildman–Crippen LogP) is 5.46. The van der Waals surface area contributed by atoms with Gasteiger partial charge in [0.05, 0.1) is 5.69 Å². The van der Waals surface area contributed by atoms with E-state index in [2.05, 4.69) is 5.32 Å². The minimum absolute atomic E-state index is 0.0414. The molecule has 0 radical (unpaired) electrons. The van der Waals surface area contributed by atoms with Gasteiger partial charge in [-0.3, -0.25) is 4.79 Å². The third kappa shape index (κ3) is 2.91. The molecule has 0 bridgehead atoms. The molecule has 3 nitrogen and oxygen atoms in total. The van der Waals surface area contributed by atoms with Crippen molar-refractivity contribution in [1.82, 2.24) is 0 Å². The van der Waals surface area contributed by atoms with Crippen molar-refractivity contribution in [2.45, 2.75) is 0 Å². The van der Waals surface area contributed by atoms with E-state index < -0.39 is 0 Å². The van der Waals surface area contributed by atoms with E-state index in [0.717, 1.165) is 21.9 Å². The van der Waals surface area contributed by atoms with Crippen LogP contribution in [0, 0.1) is 0 Å². The predicted molar refractivity (Wildman–Crippen MR) is 105 cm³/mol. The van der Waals surface area contributed by atoms with Crippen molar-refractivity contribution in [3.63, 3.8) is 0 Å². The Hall–Kier alpha value is -3.59. The standard InChI is InChI=1S/C23H17NO2/c25-21-15-7-14-20(19-13-6-11-16-8-4-5-12-18(16)19)22(21)24-23(26)17-9-2-1-3-10-17/h1-15,25H,(H,24,26). The molecule has 0 aliphatic rings. The lowest BCUT2D eigenvalue weighted by atomic mass is 9.96. The molecular formula is C23H17NO2. The van der Waals surface area contributed by atoms with E-state index >= 15 is 0 Å². The van der Waals surface area contributed by atoms with Gasteiger partial charge >= 0.3 is 0 Å². The van der Waals surface area contributed by atoms with Crippen LogP contribution in [0.1, 0.15) is 10.4 Å². The highest BCUT2D eigenvalue weighted by molar-refractivity contribution is 6.09. The number of carbonyl (C=O) groups excluding carboxylic acids is 1. The van der Waals surface area contributed by atoms with E-state index in [1.54, 1.807) is 24.3 Å². The molecule has 0 spiro atoms. The van der Waals surface area contributed by atoms with Gasteiger partial charge in [-0.1, -0.05) is 72.8 Å². The lowest BCUT2D eigenvalue weighted by Gasteiger charge is -2.15. The number of fused-ring (bicyclic) bond motifs is 1. The van der Waals surface area contributed by atoms with E-state index in [1.807, 2.05) is 66.7 Å². The van der Waals surface area contributed by atoms with Crippen molar-refractivity contribution in [3.8, 4) is 16.9 Å². The summed E-state index contributed by atoms with van der Waals surface area (Å²) in [7, 11) is 0. The Kier molecular flexibility index (Phi) is 4.12. The van der Waals surface area contributed by atoms with Crippen LogP contribution in [-0.4, -0.2) is 11.0 Å². The first-order chi connectivity index (χ1) is 12.7. The molecular weight excluding hydrogens is 322 g/mol. The summed E-state index contributed by atoms with van der Waals surface area (Å²) in [5.41, 5.74) is 2.70. The summed E-state index contributed by atoms with van der Waals surface area (Å²) < 4.78 is 0. The summed E-state index contributed by atoms with van der Waals surface area (Å²) in [5, 5.41) is 15.4. The number of rotatable bonds is 3. The molecule has 0 aliphatic carbocycles. The third-order valence-electron chi connectivity index (χ3n) is 4.40. The van der Waals surface area contributed by atoms with Crippen LogP contribution in [0.5, 0.6) is 5.75 Å². The summed E-state index contributed by atoms with van der Waals surface area (Å²) in [6, 6.07) is 28.3. The molecule has 0 heterocycles. The summed E-state index contributed by atoms with van der Waals surface area (Å²) in [4.78, 5) is 12.6. The SMILES string of the molecule is O=C(Nc1c(O)cccc1-c1cccc2ccccc12)c1ccccc1. The van der Waals surface area contributed by atoms with E-state index in [9.17, 15) is 9.90 Å². The highest BCUT2D eigenvalue weighted by Gasteiger charge is 2.15. The van der Waals surface area contributed by atoms with Crippen LogP contribution in [0.4, 0.5) is 5.69 Å². The Morgan fingerprint density at radius 1 is 0.692 bits per heavy atom. The van der Waals surface area contributed by atoms with Gasteiger partial charge in [0.25, 0.3) is 5.91 Å². The van der Waals surface area contributed by atoms with E-state index in [1.165, 1.54) is 0 Å². The number of phenolic OH excluding ortho intramolecular Hbond substituents is 1. The first-order valence-electron chi connectivity index (χ1n) is 8.40. The molecule has 0 aliphatic heterocycles. The fourth-order valence-corrected chi connectivity index (χ4v) is 3.13. The van der Waals surface area contributed by atoms with Crippen molar-refractivity contribution >= 4 is 22.4 Å². The number of phenols is 1. The largest absolute Gasteiger partial charge is 0.506 e. The topological polar surface area (TPSA) is 49.3 Å². The Bertz CT molecular complexity index is 1080. The normalized spacial score (nSPS) is 10.6. The number of nitrogens with one attached hydrogen (secondary N) is 1. The van der Waals surface area contributed by atoms with Crippen molar-refractivity contribution in [3.05, 3.63) is 96.6 Å². The van der Waals surface area contributed by atoms with Crippen molar-refractivity contribution in [2.24, 2.45) is 0 Å². The average molecular weight is 339 g/mol. The van der Waals surface area contributed by atoms with Crippen LogP contribution >= 0.6 is 0 Å². The monoisotopic (exact) mass is 339 g/mol. The smallest absolute Gasteiger partial charge is 0.255 e. The molecule has 126 valence electrons. The maximum atomic E-state index is 12.6. The minimum atomic E-state index is -0.256. The van der Waals surface area contributed by atoms with Crippen LogP contribution < -0.4 is 5.32 Å². The Labute approximate surface area is 151 Å². The van der Waals surface area contributed by atoms with Crippen LogP contribution in [0.3, 0.4) is 0 Å². The molecule has 4 aromatic rings. The zero-order valence-electron chi connectivity index (χ0n) is 14.0. The number of hydrogen-bond acceptors (Lipinski definition) is 2. The molecule has 26 heavy (non-hydrogen) atoms. The van der Waals surface area contributed by atoms with Gasteiger partial charge in [-0.25, -0.2) is 0 Å². The summed E-state index contributed by atoms with van der Waals surface area (Å²) in [6.07, 6.45) is 0. The number of anilines is 1. The summed E-state index contributed by atoms with van der Waals surface area (Å²) >= 11 is 0. The highest BCUT2D eigenvalue weighted by Crippen LogP contribution is 2.38. The fourth-order valence-electron chi connectivity index (χ4n) is 3.13. The van der Waals surface area contributed by atoms with Gasteiger partial charge in [0.2, 0.25) is 0 Å². The molecule has 3 heteroatoms. The average Bonchev–Trinajstić information content (AvgIpc) is 2.70. The Balaban J connectivity index is 1.83. The molecule has 2 N–H and O–H groups in total. The van der Waals surface area contributed by atoms with Gasteiger partial charge in [-0.15, -0.1) is 0 Å². The molecule has 0 aromatic heterocycles. The zero-order chi connectivity index (χ0) is 17.9. The number of hydrogen-bond donors (Lipinski definition) is 2. The second-order valence-corrected chi connectivity index (χ2v) is 6.05. The minimum Gasteiger partial charge on any atom is -0.506 e. The van der Waals surface area contributed by atoms with Crippen molar-refractivity contribution < 1.29 is 9.90 Å². The zero-order valence-corrected chi connectivity index (χ0v) is 14.0. The first kappa shape index (κ1) is 15.9. The maximum Gasteiger partial charge on any atom is 0.255 e. The molecule has 0 saturated heterocycles. The van der Waals surface area contributed by atoms with Gasteiger partial charge in [0.15, 0.2) is 0 Å². The molecule has 0 saturated carbocycles. The van der Waals surface area contributed by atoms with Crippen LogP contribution in [0.2, 0.25) is 0 Å². The van der Waals surface area contributed by atoms with E-state index in [0.29, 0.717) is 11.3 Å². The Morgan fingerprint density at radius 2 is 1.35 bits per heavy atom. The van der Waals surface area contributed by atoms with Crippen LogP contribution in [-0.2, 0) is 0 Å². The summed E-state index contributed by atoms with van der Waals surface area (Å²) in [6.45, 7) is 0. The van der Waals surface area contributed by atoms with Gasteiger partial charge in [-0.05, 0) is 34.5 Å². The number of carbonyl (C=O) groups is 1. The molecule has 0 atom stereocenters. The molecule has 4 aromatic carbocycles. The second kappa shape index (κ2) is 6.73. The number of aromatic hydroxyl groups is 1.